The summed E-state index contributed by atoms with van der Waals surface area (Å²) >= 11 is 0. The van der Waals surface area contributed by atoms with Gasteiger partial charge in [-0.2, -0.15) is 0 Å². The minimum Gasteiger partial charge on any atom is -0.481 e. The molecule has 0 unspecified atom stereocenters. The van der Waals surface area contributed by atoms with Crippen molar-refractivity contribution in [2.75, 3.05) is 6.61 Å². The molecule has 0 heterocycles. The van der Waals surface area contributed by atoms with Gasteiger partial charge < -0.3 is 25.2 Å². The van der Waals surface area contributed by atoms with Crippen molar-refractivity contribution in [1.82, 2.24) is 0 Å². The molecule has 0 spiro atoms. The van der Waals surface area contributed by atoms with E-state index in [0.29, 0.717) is 25.2 Å². The second-order valence-corrected chi connectivity index (χ2v) is 10.9. The Bertz CT molecular complexity index is 634. The first-order valence-corrected chi connectivity index (χ1v) is 12.4. The van der Waals surface area contributed by atoms with E-state index in [1.54, 1.807) is 0 Å². The summed E-state index contributed by atoms with van der Waals surface area (Å²) in [5, 5.41) is 39.9. The Labute approximate surface area is 192 Å². The van der Waals surface area contributed by atoms with Crippen LogP contribution in [0.5, 0.6) is 0 Å². The van der Waals surface area contributed by atoms with Crippen LogP contribution in [0.15, 0.2) is 0 Å². The highest BCUT2D eigenvalue weighted by atomic mass is 16.5. The van der Waals surface area contributed by atoms with Crippen LogP contribution < -0.4 is 0 Å². The highest BCUT2D eigenvalue weighted by molar-refractivity contribution is 5.76. The second kappa shape index (κ2) is 11.3. The van der Waals surface area contributed by atoms with Gasteiger partial charge in [0, 0.05) is 17.9 Å². The molecule has 2 rings (SSSR count). The number of ether oxygens (including phenoxy) is 1. The van der Waals surface area contributed by atoms with Crippen LogP contribution in [0.2, 0.25) is 0 Å². The lowest BCUT2D eigenvalue weighted by atomic mass is 9.51. The number of carboxylic acid groups (broad SMARTS) is 1. The van der Waals surface area contributed by atoms with Gasteiger partial charge in [-0.15, -0.1) is 0 Å². The van der Waals surface area contributed by atoms with E-state index < -0.39 is 35.4 Å². The van der Waals surface area contributed by atoms with Gasteiger partial charge >= 0.3 is 11.9 Å². The van der Waals surface area contributed by atoms with Gasteiger partial charge in [0.05, 0.1) is 24.0 Å². The van der Waals surface area contributed by atoms with E-state index in [9.17, 15) is 24.9 Å². The SMILES string of the molecule is CCC(C)(C)C(=O)O[C@H]1CCC[C@H]2CC[C@H](C)[C@@](CO)(CC[C@@H](O)C[C@@H](O)CC(=O)O)[C@@H]21. The highest BCUT2D eigenvalue weighted by Gasteiger charge is 2.54. The van der Waals surface area contributed by atoms with Gasteiger partial charge in [0.15, 0.2) is 0 Å². The number of aliphatic hydroxyl groups is 3. The van der Waals surface area contributed by atoms with E-state index in [1.807, 2.05) is 20.8 Å². The lowest BCUT2D eigenvalue weighted by molar-refractivity contribution is -0.184. The fraction of sp³-hybridized carbons (Fsp3) is 0.920. The van der Waals surface area contributed by atoms with Crippen LogP contribution in [-0.2, 0) is 14.3 Å². The topological polar surface area (TPSA) is 124 Å². The van der Waals surface area contributed by atoms with E-state index in [1.165, 1.54) is 0 Å². The third kappa shape index (κ3) is 6.23. The van der Waals surface area contributed by atoms with Crippen LogP contribution >= 0.6 is 0 Å². The quantitative estimate of drug-likeness (QED) is 0.351. The molecule has 32 heavy (non-hydrogen) atoms. The summed E-state index contributed by atoms with van der Waals surface area (Å²) in [6.45, 7) is 7.88. The zero-order chi connectivity index (χ0) is 24.1. The Morgan fingerprint density at radius 3 is 2.41 bits per heavy atom. The molecule has 2 aliphatic rings. The van der Waals surface area contributed by atoms with Crippen LogP contribution in [-0.4, -0.2) is 57.3 Å². The van der Waals surface area contributed by atoms with Crippen LogP contribution in [0, 0.1) is 28.6 Å². The number of hydrogen-bond donors (Lipinski definition) is 4. The maximum Gasteiger partial charge on any atom is 0.311 e. The van der Waals surface area contributed by atoms with Gasteiger partial charge in [-0.05, 0) is 83.5 Å². The number of esters is 1. The summed E-state index contributed by atoms with van der Waals surface area (Å²) in [4.78, 5) is 23.7. The molecule has 7 atom stereocenters. The molecule has 2 saturated carbocycles. The van der Waals surface area contributed by atoms with Gasteiger partial charge in [0.25, 0.3) is 0 Å². The molecule has 0 amide bonds. The predicted octanol–water partition coefficient (Wildman–Crippen LogP) is 3.53. The third-order valence-electron chi connectivity index (χ3n) is 8.47. The van der Waals surface area contributed by atoms with Gasteiger partial charge in [0.2, 0.25) is 0 Å². The van der Waals surface area contributed by atoms with Crippen molar-refractivity contribution >= 4 is 11.9 Å². The number of fused-ring (bicyclic) bond motifs is 1. The number of carboxylic acids is 1. The maximum atomic E-state index is 12.9. The van der Waals surface area contributed by atoms with Crippen molar-refractivity contribution in [2.45, 2.75) is 110 Å². The highest BCUT2D eigenvalue weighted by Crippen LogP contribution is 2.56. The summed E-state index contributed by atoms with van der Waals surface area (Å²) in [5.41, 5.74) is -1.02. The summed E-state index contributed by atoms with van der Waals surface area (Å²) in [6.07, 6.45) is 3.94. The summed E-state index contributed by atoms with van der Waals surface area (Å²) in [7, 11) is 0. The molecule has 0 aromatic rings. The van der Waals surface area contributed by atoms with E-state index >= 15 is 0 Å². The number of rotatable bonds is 11. The van der Waals surface area contributed by atoms with Gasteiger partial charge in [-0.25, -0.2) is 0 Å². The van der Waals surface area contributed by atoms with E-state index in [2.05, 4.69) is 6.92 Å². The number of carbonyl (C=O) groups is 2. The third-order valence-corrected chi connectivity index (χ3v) is 8.47. The molecular weight excluding hydrogens is 412 g/mol. The minimum atomic E-state index is -1.10. The first kappa shape index (κ1) is 27.1. The molecule has 0 bridgehead atoms. The first-order valence-electron chi connectivity index (χ1n) is 12.4. The largest absolute Gasteiger partial charge is 0.481 e. The molecule has 0 aromatic carbocycles. The second-order valence-electron chi connectivity index (χ2n) is 10.9. The lowest BCUT2D eigenvalue weighted by Gasteiger charge is -2.56. The molecule has 2 aliphatic carbocycles. The Hall–Kier alpha value is -1.18. The van der Waals surface area contributed by atoms with E-state index in [0.717, 1.165) is 32.1 Å². The Balaban J connectivity index is 2.19. The molecule has 0 radical (unpaired) electrons. The number of hydrogen-bond acceptors (Lipinski definition) is 6. The predicted molar refractivity (Wildman–Crippen MR) is 121 cm³/mol. The molecule has 4 N–H and O–H groups in total. The van der Waals surface area contributed by atoms with Crippen LogP contribution in [0.4, 0.5) is 0 Å². The molecular formula is C25H44O7. The average Bonchev–Trinajstić information content (AvgIpc) is 2.72. The fourth-order valence-electron chi connectivity index (χ4n) is 5.97. The van der Waals surface area contributed by atoms with Crippen molar-refractivity contribution < 1.29 is 34.8 Å². The van der Waals surface area contributed by atoms with Crippen molar-refractivity contribution in [2.24, 2.45) is 28.6 Å². The minimum absolute atomic E-state index is 0.000606. The molecule has 0 aromatic heterocycles. The maximum absolute atomic E-state index is 12.9. The molecule has 7 heteroatoms. The van der Waals surface area contributed by atoms with Crippen LogP contribution in [0.25, 0.3) is 0 Å². The summed E-state index contributed by atoms with van der Waals surface area (Å²) < 4.78 is 6.12. The molecule has 7 nitrogen and oxygen atoms in total. The average molecular weight is 457 g/mol. The molecule has 0 aliphatic heterocycles. The van der Waals surface area contributed by atoms with Crippen molar-refractivity contribution in [3.05, 3.63) is 0 Å². The van der Waals surface area contributed by atoms with Gasteiger partial charge in [0.1, 0.15) is 6.10 Å². The smallest absolute Gasteiger partial charge is 0.311 e. The van der Waals surface area contributed by atoms with Gasteiger partial charge in [-0.1, -0.05) is 13.8 Å². The normalized spacial score (nSPS) is 32.6. The standard InChI is InChI=1S/C25H44O7/c1-5-24(3,4)23(31)32-20-8-6-7-17-10-9-16(2)25(15-26,22(17)20)12-11-18(27)13-19(28)14-21(29)30/h16-20,22,26-28H,5-15H2,1-4H3,(H,29,30)/t16-,17-,18+,19+,20-,22-,25-/m0/s1. The van der Waals surface area contributed by atoms with Crippen LogP contribution in [0.3, 0.4) is 0 Å². The van der Waals surface area contributed by atoms with E-state index in [-0.39, 0.29) is 36.9 Å². The molecule has 0 saturated heterocycles. The number of carbonyl (C=O) groups excluding carboxylic acids is 1. The number of aliphatic carboxylic acids is 1. The lowest BCUT2D eigenvalue weighted by Crippen LogP contribution is -2.55. The fourth-order valence-corrected chi connectivity index (χ4v) is 5.97. The zero-order valence-electron chi connectivity index (χ0n) is 20.3. The van der Waals surface area contributed by atoms with E-state index in [4.69, 9.17) is 9.84 Å². The monoisotopic (exact) mass is 456 g/mol. The molecule has 2 fully saturated rings. The Kier molecular flexibility index (Phi) is 9.56. The zero-order valence-corrected chi connectivity index (χ0v) is 20.3. The summed E-state index contributed by atoms with van der Waals surface area (Å²) in [6, 6.07) is 0. The van der Waals surface area contributed by atoms with Crippen molar-refractivity contribution in [1.29, 1.82) is 0 Å². The summed E-state index contributed by atoms with van der Waals surface area (Å²) in [5.74, 6) is -0.653. The van der Waals surface area contributed by atoms with Gasteiger partial charge in [-0.3, -0.25) is 9.59 Å². The first-order chi connectivity index (χ1) is 15.0. The number of aliphatic hydroxyl groups excluding tert-OH is 3. The van der Waals surface area contributed by atoms with Crippen LogP contribution in [0.1, 0.15) is 91.9 Å². The Morgan fingerprint density at radius 1 is 1.12 bits per heavy atom. The molecule has 186 valence electrons. The van der Waals surface area contributed by atoms with Crippen molar-refractivity contribution in [3.63, 3.8) is 0 Å². The Morgan fingerprint density at radius 2 is 1.81 bits per heavy atom. The van der Waals surface area contributed by atoms with Crippen molar-refractivity contribution in [3.8, 4) is 0 Å².